The Morgan fingerprint density at radius 2 is 1.94 bits per heavy atom. The Bertz CT molecular complexity index is 1040. The topological polar surface area (TPSA) is 91.0 Å². The van der Waals surface area contributed by atoms with E-state index in [9.17, 15) is 4.79 Å². The van der Waals surface area contributed by atoms with Gasteiger partial charge in [0.1, 0.15) is 0 Å². The second-order valence-corrected chi connectivity index (χ2v) is 9.96. The zero-order chi connectivity index (χ0) is 24.2. The lowest BCUT2D eigenvalue weighted by molar-refractivity contribution is -0.117. The molecule has 0 spiro atoms. The number of benzene rings is 2. The summed E-state index contributed by atoms with van der Waals surface area (Å²) in [5.74, 6) is -0.277. The maximum absolute atomic E-state index is 13.1. The second-order valence-electron chi connectivity index (χ2n) is 9.96. The van der Waals surface area contributed by atoms with Gasteiger partial charge in [0.15, 0.2) is 5.84 Å². The number of amidine groups is 1. The van der Waals surface area contributed by atoms with E-state index in [0.717, 1.165) is 17.7 Å². The molecule has 4 rings (SSSR count). The maximum atomic E-state index is 13.1. The molecule has 4 unspecified atom stereocenters. The first-order chi connectivity index (χ1) is 16.4. The lowest BCUT2D eigenvalue weighted by Gasteiger charge is -2.45. The van der Waals surface area contributed by atoms with E-state index < -0.39 is 0 Å². The summed E-state index contributed by atoms with van der Waals surface area (Å²) in [6.07, 6.45) is 7.89. The maximum Gasteiger partial charge on any atom is 0.232 e. The van der Waals surface area contributed by atoms with Crippen molar-refractivity contribution < 1.29 is 10.0 Å². The predicted octanol–water partition coefficient (Wildman–Crippen LogP) is 5.55. The first-order valence-electron chi connectivity index (χ1n) is 12.7. The zero-order valence-corrected chi connectivity index (χ0v) is 20.6. The number of carbonyl (C=O) groups excluding carboxylic acids is 1. The molecule has 2 aromatic rings. The molecule has 0 aliphatic carbocycles. The van der Waals surface area contributed by atoms with E-state index in [1.807, 2.05) is 24.3 Å². The molecule has 2 aromatic carbocycles. The molecule has 34 heavy (non-hydrogen) atoms. The van der Waals surface area contributed by atoms with Crippen molar-refractivity contribution in [1.82, 2.24) is 4.90 Å². The van der Waals surface area contributed by atoms with Crippen molar-refractivity contribution in [2.75, 3.05) is 5.32 Å². The molecule has 1 saturated heterocycles. The van der Waals surface area contributed by atoms with E-state index in [1.54, 1.807) is 6.07 Å². The number of amides is 1. The smallest absolute Gasteiger partial charge is 0.232 e. The molecule has 2 aliphatic rings. The largest absolute Gasteiger partial charge is 0.409 e. The summed E-state index contributed by atoms with van der Waals surface area (Å²) in [4.78, 5) is 15.9. The molecular weight excluding hydrogens is 424 g/mol. The fourth-order valence-electron chi connectivity index (χ4n) is 5.94. The van der Waals surface area contributed by atoms with Gasteiger partial charge in [0.05, 0.1) is 5.92 Å². The van der Waals surface area contributed by atoms with E-state index in [0.29, 0.717) is 30.1 Å². The van der Waals surface area contributed by atoms with Crippen LogP contribution in [0.4, 0.5) is 5.69 Å². The lowest BCUT2D eigenvalue weighted by Crippen LogP contribution is -2.46. The number of piperidine rings is 1. The van der Waals surface area contributed by atoms with Crippen LogP contribution in [0.2, 0.25) is 0 Å². The minimum Gasteiger partial charge on any atom is -0.409 e. The third-order valence-electron chi connectivity index (χ3n) is 7.70. The Labute approximate surface area is 203 Å². The average molecular weight is 463 g/mol. The van der Waals surface area contributed by atoms with Crippen LogP contribution in [0.1, 0.15) is 93.5 Å². The molecule has 6 nitrogen and oxygen atoms in total. The molecule has 6 heteroatoms. The first-order valence-corrected chi connectivity index (χ1v) is 12.7. The quantitative estimate of drug-likeness (QED) is 0.218. The van der Waals surface area contributed by atoms with Crippen LogP contribution in [-0.4, -0.2) is 33.9 Å². The third-order valence-corrected chi connectivity index (χ3v) is 7.70. The van der Waals surface area contributed by atoms with Crippen LogP contribution >= 0.6 is 0 Å². The van der Waals surface area contributed by atoms with Crippen LogP contribution in [0.15, 0.2) is 47.6 Å². The summed E-state index contributed by atoms with van der Waals surface area (Å²) in [6.45, 7) is 6.99. The highest BCUT2D eigenvalue weighted by atomic mass is 16.4. The monoisotopic (exact) mass is 462 g/mol. The number of anilines is 1. The molecule has 0 bridgehead atoms. The van der Waals surface area contributed by atoms with Gasteiger partial charge in [0.2, 0.25) is 5.91 Å². The van der Waals surface area contributed by atoms with E-state index in [2.05, 4.69) is 48.3 Å². The Morgan fingerprint density at radius 1 is 1.21 bits per heavy atom. The number of hydrogen-bond acceptors (Lipinski definition) is 4. The second kappa shape index (κ2) is 10.6. The lowest BCUT2D eigenvalue weighted by atomic mass is 9.81. The number of rotatable bonds is 7. The minimum absolute atomic E-state index is 0.00822. The van der Waals surface area contributed by atoms with Gasteiger partial charge in [-0.3, -0.25) is 9.69 Å². The third kappa shape index (κ3) is 4.83. The molecule has 4 atom stereocenters. The van der Waals surface area contributed by atoms with Crippen molar-refractivity contribution in [2.24, 2.45) is 10.9 Å². The van der Waals surface area contributed by atoms with E-state index in [1.165, 1.54) is 43.2 Å². The number of nitrogens with one attached hydrogen (secondary N) is 1. The van der Waals surface area contributed by atoms with Gasteiger partial charge < -0.3 is 16.3 Å². The number of nitrogens with zero attached hydrogens (tertiary/aromatic N) is 2. The fourth-order valence-corrected chi connectivity index (χ4v) is 5.94. The van der Waals surface area contributed by atoms with Crippen molar-refractivity contribution in [3.8, 4) is 0 Å². The molecule has 0 saturated carbocycles. The fraction of sp³-hybridized carbons (Fsp3) is 0.500. The van der Waals surface area contributed by atoms with Gasteiger partial charge in [-0.1, -0.05) is 61.7 Å². The van der Waals surface area contributed by atoms with Crippen molar-refractivity contribution in [2.45, 2.75) is 89.8 Å². The molecule has 4 N–H and O–H groups in total. The number of fused-ring (bicyclic) bond motifs is 1. The summed E-state index contributed by atoms with van der Waals surface area (Å²) in [5.41, 5.74) is 10.8. The van der Waals surface area contributed by atoms with Gasteiger partial charge in [-0.15, -0.1) is 0 Å². The van der Waals surface area contributed by atoms with Gasteiger partial charge >= 0.3 is 0 Å². The predicted molar refractivity (Wildman–Crippen MR) is 137 cm³/mol. The van der Waals surface area contributed by atoms with Crippen LogP contribution in [0.25, 0.3) is 0 Å². The number of likely N-dealkylation sites (tertiary alicyclic amines) is 1. The number of unbranched alkanes of at least 4 members (excludes halogenated alkanes) is 1. The van der Waals surface area contributed by atoms with Gasteiger partial charge in [-0.25, -0.2) is 0 Å². The Morgan fingerprint density at radius 3 is 2.65 bits per heavy atom. The van der Waals surface area contributed by atoms with Crippen LogP contribution < -0.4 is 11.1 Å². The van der Waals surface area contributed by atoms with E-state index in [4.69, 9.17) is 10.9 Å². The molecule has 0 radical (unpaired) electrons. The van der Waals surface area contributed by atoms with Gasteiger partial charge in [-0.2, -0.15) is 0 Å². The van der Waals surface area contributed by atoms with Gasteiger partial charge in [0.25, 0.3) is 0 Å². The van der Waals surface area contributed by atoms with Crippen molar-refractivity contribution in [3.63, 3.8) is 0 Å². The molecule has 182 valence electrons. The summed E-state index contributed by atoms with van der Waals surface area (Å²) < 4.78 is 0. The van der Waals surface area contributed by atoms with Crippen molar-refractivity contribution in [3.05, 3.63) is 64.7 Å². The number of nitrogens with two attached hydrogens (primary N) is 1. The molecule has 2 aliphatic heterocycles. The Balaban J connectivity index is 1.73. The van der Waals surface area contributed by atoms with E-state index >= 15 is 0 Å². The number of hydrogen-bond donors (Lipinski definition) is 3. The molecule has 2 heterocycles. The molecular formula is C28H38N4O2. The summed E-state index contributed by atoms with van der Waals surface area (Å²) in [6, 6.07) is 15.3. The highest BCUT2D eigenvalue weighted by Gasteiger charge is 2.36. The number of oxime groups is 1. The highest BCUT2D eigenvalue weighted by molar-refractivity contribution is 6.00. The van der Waals surface area contributed by atoms with Crippen LogP contribution in [0.5, 0.6) is 0 Å². The van der Waals surface area contributed by atoms with Crippen LogP contribution in [0.3, 0.4) is 0 Å². The summed E-state index contributed by atoms with van der Waals surface area (Å²) >= 11 is 0. The summed E-state index contributed by atoms with van der Waals surface area (Å²) in [7, 11) is 0. The normalized spacial score (nSPS) is 24.4. The molecule has 0 aromatic heterocycles. The summed E-state index contributed by atoms with van der Waals surface area (Å²) in [5, 5.41) is 15.4. The standard InChI is InChI=1S/C28H38N4O2/c1-4-5-15-26(32-18(2)9-6-10-19(32)3)22-13-8-14-25-24(22)17-23(28(33)30-25)20-11-7-12-21(16-20)27(29)31-34/h7-8,11-14,16,18-19,23,26,34H,4-6,9-10,15,17H2,1-3H3,(H2,29,31)(H,30,33). The number of carbonyl (C=O) groups is 1. The molecule has 1 amide bonds. The Hall–Kier alpha value is -2.86. The van der Waals surface area contributed by atoms with Crippen molar-refractivity contribution in [1.29, 1.82) is 0 Å². The van der Waals surface area contributed by atoms with E-state index in [-0.39, 0.29) is 17.7 Å². The minimum atomic E-state index is -0.317. The van der Waals surface area contributed by atoms with Crippen LogP contribution in [-0.2, 0) is 11.2 Å². The van der Waals surface area contributed by atoms with Crippen molar-refractivity contribution >= 4 is 17.4 Å². The first kappa shape index (κ1) is 24.3. The zero-order valence-electron chi connectivity index (χ0n) is 20.6. The highest BCUT2D eigenvalue weighted by Crippen LogP contribution is 2.42. The van der Waals surface area contributed by atoms with Crippen LogP contribution in [0, 0.1) is 0 Å². The SMILES string of the molecule is CCCCC(c1cccc2c1CC(c1cccc(/C(N)=N\O)c1)C(=O)N2)N1C(C)CCCC1C. The molecule has 1 fully saturated rings. The van der Waals surface area contributed by atoms with Gasteiger partial charge in [-0.05, 0) is 68.4 Å². The average Bonchev–Trinajstić information content (AvgIpc) is 2.84. The van der Waals surface area contributed by atoms with Gasteiger partial charge in [0, 0.05) is 29.4 Å². The Kier molecular flexibility index (Phi) is 7.57.